The summed E-state index contributed by atoms with van der Waals surface area (Å²) in [5.74, 6) is 0. The minimum Gasteiger partial charge on any atom is -0.383 e. The fourth-order valence-corrected chi connectivity index (χ4v) is 1.70. The van der Waals surface area contributed by atoms with Crippen molar-refractivity contribution in [3.05, 3.63) is 34.9 Å². The zero-order chi connectivity index (χ0) is 12.5. The minimum absolute atomic E-state index is 0.779. The molecule has 1 rings (SSSR count). The Morgan fingerprint density at radius 2 is 2.06 bits per heavy atom. The summed E-state index contributed by atoms with van der Waals surface area (Å²) in [5, 5.41) is 4.21. The highest BCUT2D eigenvalue weighted by Crippen LogP contribution is 2.13. The topological polar surface area (TPSA) is 24.5 Å². The Bertz CT molecular complexity index is 320. The summed E-state index contributed by atoms with van der Waals surface area (Å²) in [6.07, 6.45) is 0. The van der Waals surface area contributed by atoms with Crippen molar-refractivity contribution in [2.24, 2.45) is 0 Å². The van der Waals surface area contributed by atoms with Gasteiger partial charge in [0.2, 0.25) is 0 Å². The van der Waals surface area contributed by atoms with Gasteiger partial charge >= 0.3 is 0 Å². The first-order valence-electron chi connectivity index (χ1n) is 5.85. The van der Waals surface area contributed by atoms with Crippen LogP contribution in [0.2, 0.25) is 5.02 Å². The lowest BCUT2D eigenvalue weighted by atomic mass is 10.2. The molecule has 0 aromatic heterocycles. The van der Waals surface area contributed by atoms with Crippen molar-refractivity contribution >= 4 is 11.6 Å². The maximum Gasteiger partial charge on any atom is 0.0589 e. The largest absolute Gasteiger partial charge is 0.383 e. The number of benzene rings is 1. The van der Waals surface area contributed by atoms with Crippen LogP contribution >= 0.6 is 11.6 Å². The highest BCUT2D eigenvalue weighted by atomic mass is 35.5. The van der Waals surface area contributed by atoms with Crippen LogP contribution in [-0.2, 0) is 11.3 Å². The molecule has 0 aliphatic heterocycles. The summed E-state index contributed by atoms with van der Waals surface area (Å²) in [7, 11) is 3.82. The quantitative estimate of drug-likeness (QED) is 0.720. The van der Waals surface area contributed by atoms with Crippen LogP contribution in [0.15, 0.2) is 24.3 Å². The molecule has 3 nitrogen and oxygen atoms in total. The first-order chi connectivity index (χ1) is 8.24. The van der Waals surface area contributed by atoms with Crippen molar-refractivity contribution in [1.82, 2.24) is 10.2 Å². The fraction of sp³-hybridized carbons (Fsp3) is 0.538. The first-order valence-corrected chi connectivity index (χ1v) is 6.23. The molecule has 0 heterocycles. The molecule has 0 atom stereocenters. The van der Waals surface area contributed by atoms with Crippen molar-refractivity contribution in [3.63, 3.8) is 0 Å². The molecule has 0 bridgehead atoms. The van der Waals surface area contributed by atoms with Gasteiger partial charge in [-0.05, 0) is 18.7 Å². The molecule has 0 aliphatic rings. The van der Waals surface area contributed by atoms with Gasteiger partial charge in [0.25, 0.3) is 0 Å². The van der Waals surface area contributed by atoms with Gasteiger partial charge in [0, 0.05) is 38.3 Å². The zero-order valence-corrected chi connectivity index (χ0v) is 11.3. The number of ether oxygens (including phenoxy) is 1. The highest BCUT2D eigenvalue weighted by Gasteiger charge is 1.99. The maximum atomic E-state index is 6.07. The molecule has 1 aromatic carbocycles. The number of nitrogens with one attached hydrogen (secondary N) is 1. The van der Waals surface area contributed by atoms with Crippen LogP contribution in [0.5, 0.6) is 0 Å². The Morgan fingerprint density at radius 1 is 1.29 bits per heavy atom. The molecule has 0 saturated heterocycles. The van der Waals surface area contributed by atoms with E-state index in [2.05, 4.69) is 17.3 Å². The number of hydrogen-bond donors (Lipinski definition) is 1. The molecule has 1 aromatic rings. The molecule has 0 spiro atoms. The van der Waals surface area contributed by atoms with Gasteiger partial charge in [-0.2, -0.15) is 0 Å². The van der Waals surface area contributed by atoms with E-state index in [1.165, 1.54) is 0 Å². The van der Waals surface area contributed by atoms with E-state index in [0.717, 1.165) is 43.4 Å². The third kappa shape index (κ3) is 6.03. The van der Waals surface area contributed by atoms with Crippen LogP contribution in [-0.4, -0.2) is 45.3 Å². The number of hydrogen-bond acceptors (Lipinski definition) is 3. The smallest absolute Gasteiger partial charge is 0.0589 e. The normalized spacial score (nSPS) is 11.1. The number of rotatable bonds is 8. The number of halogens is 1. The van der Waals surface area contributed by atoms with E-state index in [4.69, 9.17) is 16.3 Å². The van der Waals surface area contributed by atoms with E-state index in [9.17, 15) is 0 Å². The van der Waals surface area contributed by atoms with Crippen LogP contribution in [0, 0.1) is 0 Å². The summed E-state index contributed by atoms with van der Waals surface area (Å²) in [6, 6.07) is 7.92. The van der Waals surface area contributed by atoms with E-state index < -0.39 is 0 Å². The number of likely N-dealkylation sites (N-methyl/N-ethyl adjacent to an activating group) is 1. The van der Waals surface area contributed by atoms with Crippen LogP contribution < -0.4 is 5.32 Å². The summed E-state index contributed by atoms with van der Waals surface area (Å²) in [5.41, 5.74) is 1.15. The van der Waals surface area contributed by atoms with Gasteiger partial charge in [0.15, 0.2) is 0 Å². The summed E-state index contributed by atoms with van der Waals surface area (Å²) < 4.78 is 5.02. The van der Waals surface area contributed by atoms with Gasteiger partial charge < -0.3 is 15.0 Å². The Balaban J connectivity index is 2.14. The third-order valence-corrected chi connectivity index (χ3v) is 2.99. The third-order valence-electron chi connectivity index (χ3n) is 2.62. The summed E-state index contributed by atoms with van der Waals surface area (Å²) in [4.78, 5) is 2.24. The average molecular weight is 257 g/mol. The van der Waals surface area contributed by atoms with Crippen LogP contribution in [0.1, 0.15) is 5.56 Å². The van der Waals surface area contributed by atoms with Crippen molar-refractivity contribution in [3.8, 4) is 0 Å². The van der Waals surface area contributed by atoms with Crippen LogP contribution in [0.3, 0.4) is 0 Å². The van der Waals surface area contributed by atoms with Gasteiger partial charge in [-0.1, -0.05) is 29.8 Å². The Kier molecular flexibility index (Phi) is 7.21. The summed E-state index contributed by atoms with van der Waals surface area (Å²) in [6.45, 7) is 4.52. The monoisotopic (exact) mass is 256 g/mol. The SMILES string of the molecule is COCCN(C)CCNCc1ccccc1Cl. The van der Waals surface area contributed by atoms with Crippen LogP contribution in [0.25, 0.3) is 0 Å². The molecule has 0 radical (unpaired) electrons. The Hall–Kier alpha value is -0.610. The lowest BCUT2D eigenvalue weighted by Crippen LogP contribution is -2.31. The van der Waals surface area contributed by atoms with Crippen molar-refractivity contribution in [2.75, 3.05) is 40.4 Å². The van der Waals surface area contributed by atoms with E-state index in [1.807, 2.05) is 24.3 Å². The second-order valence-electron chi connectivity index (χ2n) is 4.06. The first kappa shape index (κ1) is 14.5. The second kappa shape index (κ2) is 8.48. The van der Waals surface area contributed by atoms with Crippen LogP contribution in [0.4, 0.5) is 0 Å². The molecule has 0 amide bonds. The van der Waals surface area contributed by atoms with Gasteiger partial charge in [0.05, 0.1) is 6.61 Å². The zero-order valence-electron chi connectivity index (χ0n) is 10.6. The lowest BCUT2D eigenvalue weighted by molar-refractivity contribution is 0.161. The van der Waals surface area contributed by atoms with Crippen molar-refractivity contribution < 1.29 is 4.74 Å². The molecular formula is C13H21ClN2O. The summed E-state index contributed by atoms with van der Waals surface area (Å²) >= 11 is 6.07. The van der Waals surface area contributed by atoms with Gasteiger partial charge in [-0.25, -0.2) is 0 Å². The van der Waals surface area contributed by atoms with Gasteiger partial charge in [-0.3, -0.25) is 0 Å². The maximum absolute atomic E-state index is 6.07. The molecule has 0 aliphatic carbocycles. The Labute approximate surface area is 109 Å². The molecule has 17 heavy (non-hydrogen) atoms. The molecule has 0 saturated carbocycles. The van der Waals surface area contributed by atoms with Crippen molar-refractivity contribution in [1.29, 1.82) is 0 Å². The van der Waals surface area contributed by atoms with Gasteiger partial charge in [0.1, 0.15) is 0 Å². The Morgan fingerprint density at radius 3 is 2.76 bits per heavy atom. The second-order valence-corrected chi connectivity index (χ2v) is 4.47. The number of methoxy groups -OCH3 is 1. The lowest BCUT2D eigenvalue weighted by Gasteiger charge is -2.16. The highest BCUT2D eigenvalue weighted by molar-refractivity contribution is 6.31. The standard InChI is InChI=1S/C13H21ClN2O/c1-16(9-10-17-2)8-7-15-11-12-5-3-4-6-13(12)14/h3-6,15H,7-11H2,1-2H3. The predicted molar refractivity (Wildman–Crippen MR) is 72.5 cm³/mol. The van der Waals surface area contributed by atoms with Gasteiger partial charge in [-0.15, -0.1) is 0 Å². The fourth-order valence-electron chi connectivity index (χ4n) is 1.49. The molecule has 0 unspecified atom stereocenters. The predicted octanol–water partition coefficient (Wildman–Crippen LogP) is 2.01. The average Bonchev–Trinajstić information content (AvgIpc) is 2.34. The molecule has 4 heteroatoms. The number of nitrogens with zero attached hydrogens (tertiary/aromatic N) is 1. The molecule has 1 N–H and O–H groups in total. The molecule has 96 valence electrons. The van der Waals surface area contributed by atoms with Crippen molar-refractivity contribution in [2.45, 2.75) is 6.54 Å². The molecular weight excluding hydrogens is 236 g/mol. The minimum atomic E-state index is 0.779. The molecule has 0 fully saturated rings. The van der Waals surface area contributed by atoms with E-state index in [1.54, 1.807) is 7.11 Å². The van der Waals surface area contributed by atoms with E-state index >= 15 is 0 Å². The van der Waals surface area contributed by atoms with E-state index in [-0.39, 0.29) is 0 Å². The van der Waals surface area contributed by atoms with E-state index in [0.29, 0.717) is 0 Å².